The summed E-state index contributed by atoms with van der Waals surface area (Å²) < 4.78 is 0. The van der Waals surface area contributed by atoms with Gasteiger partial charge >= 0.3 is 0 Å². The second-order valence-electron chi connectivity index (χ2n) is 5.41. The molecule has 1 heteroatoms. The van der Waals surface area contributed by atoms with Gasteiger partial charge in [0.15, 0.2) is 0 Å². The zero-order chi connectivity index (χ0) is 13.5. The van der Waals surface area contributed by atoms with Gasteiger partial charge in [0, 0.05) is 9.75 Å². The van der Waals surface area contributed by atoms with Gasteiger partial charge in [-0.3, -0.25) is 0 Å². The highest BCUT2D eigenvalue weighted by Crippen LogP contribution is 2.33. The molecule has 19 heavy (non-hydrogen) atoms. The number of unbranched alkanes of at least 4 members (excludes halogenated alkanes) is 4. The van der Waals surface area contributed by atoms with E-state index in [0.29, 0.717) is 0 Å². The largest absolute Gasteiger partial charge is 0.144 e. The predicted octanol–water partition coefficient (Wildman–Crippen LogP) is 6.37. The molecule has 0 atom stereocenters. The fourth-order valence-corrected chi connectivity index (χ4v) is 4.04. The van der Waals surface area contributed by atoms with Gasteiger partial charge in [0.2, 0.25) is 0 Å². The Hall–Kier alpha value is -0.820. The average molecular weight is 274 g/mol. The molecule has 0 spiro atoms. The monoisotopic (exact) mass is 274 g/mol. The van der Waals surface area contributed by atoms with E-state index in [2.05, 4.69) is 49.4 Å². The number of aryl methyl sites for hydroxylation is 2. The Kier molecular flexibility index (Phi) is 5.91. The minimum Gasteiger partial charge on any atom is -0.144 e. The minimum absolute atomic E-state index is 1.27. The van der Waals surface area contributed by atoms with Crippen molar-refractivity contribution in [2.75, 3.05) is 0 Å². The fraction of sp³-hybridized carbons (Fsp3) is 0.556. The third-order valence-electron chi connectivity index (χ3n) is 3.79. The van der Waals surface area contributed by atoms with E-state index in [1.807, 2.05) is 0 Å². The van der Waals surface area contributed by atoms with E-state index < -0.39 is 0 Å². The first-order chi connectivity index (χ1) is 9.36. The number of benzene rings is 1. The van der Waals surface area contributed by atoms with Crippen LogP contribution in [-0.2, 0) is 12.8 Å². The van der Waals surface area contributed by atoms with Gasteiger partial charge in [-0.25, -0.2) is 0 Å². The van der Waals surface area contributed by atoms with Crippen LogP contribution in [0.25, 0.3) is 10.8 Å². The summed E-state index contributed by atoms with van der Waals surface area (Å²) >= 11 is 2.07. The SMILES string of the molecule is CCCCCc1sc(CCCCC)c2ccccc12. The predicted molar refractivity (Wildman–Crippen MR) is 88.3 cm³/mol. The van der Waals surface area contributed by atoms with Crippen molar-refractivity contribution in [3.63, 3.8) is 0 Å². The van der Waals surface area contributed by atoms with E-state index in [1.165, 1.54) is 62.1 Å². The molecule has 0 aliphatic heterocycles. The molecule has 2 aromatic rings. The van der Waals surface area contributed by atoms with Crippen LogP contribution in [0.1, 0.15) is 62.1 Å². The Morgan fingerprint density at radius 2 is 1.21 bits per heavy atom. The van der Waals surface area contributed by atoms with Crippen molar-refractivity contribution in [1.82, 2.24) is 0 Å². The summed E-state index contributed by atoms with van der Waals surface area (Å²) in [7, 11) is 0. The van der Waals surface area contributed by atoms with Crippen LogP contribution >= 0.6 is 11.3 Å². The number of rotatable bonds is 8. The highest BCUT2D eigenvalue weighted by Gasteiger charge is 2.09. The van der Waals surface area contributed by atoms with Crippen molar-refractivity contribution in [3.05, 3.63) is 34.0 Å². The summed E-state index contributed by atoms with van der Waals surface area (Å²) in [6, 6.07) is 9.01. The van der Waals surface area contributed by atoms with Crippen molar-refractivity contribution < 1.29 is 0 Å². The molecule has 2 rings (SSSR count). The Labute approximate surface area is 121 Å². The van der Waals surface area contributed by atoms with Crippen LogP contribution in [0.4, 0.5) is 0 Å². The van der Waals surface area contributed by atoms with Crippen molar-refractivity contribution in [2.24, 2.45) is 0 Å². The standard InChI is InChI=1S/C18H26S/c1-3-5-7-13-17-15-11-9-10-12-16(15)18(19-17)14-8-6-4-2/h9-12H,3-8,13-14H2,1-2H3. The quantitative estimate of drug-likeness (QED) is 0.491. The zero-order valence-electron chi connectivity index (χ0n) is 12.4. The van der Waals surface area contributed by atoms with Gasteiger partial charge in [0.1, 0.15) is 0 Å². The second-order valence-corrected chi connectivity index (χ2v) is 6.60. The second kappa shape index (κ2) is 7.69. The Morgan fingerprint density at radius 1 is 0.737 bits per heavy atom. The molecule has 0 aliphatic carbocycles. The highest BCUT2D eigenvalue weighted by molar-refractivity contribution is 7.13. The van der Waals surface area contributed by atoms with Gasteiger partial charge in [-0.15, -0.1) is 11.3 Å². The number of fused-ring (bicyclic) bond motifs is 1. The average Bonchev–Trinajstić information content (AvgIpc) is 2.79. The zero-order valence-corrected chi connectivity index (χ0v) is 13.2. The summed E-state index contributed by atoms with van der Waals surface area (Å²) in [5.41, 5.74) is 0. The fourth-order valence-electron chi connectivity index (χ4n) is 2.67. The van der Waals surface area contributed by atoms with Gasteiger partial charge in [-0.2, -0.15) is 0 Å². The van der Waals surface area contributed by atoms with Crippen LogP contribution in [0.2, 0.25) is 0 Å². The Bertz CT molecular complexity index is 451. The minimum atomic E-state index is 1.27. The van der Waals surface area contributed by atoms with Gasteiger partial charge in [-0.05, 0) is 36.5 Å². The molecule has 0 fully saturated rings. The molecule has 1 aromatic carbocycles. The lowest BCUT2D eigenvalue weighted by Gasteiger charge is -1.97. The lowest BCUT2D eigenvalue weighted by atomic mass is 10.1. The van der Waals surface area contributed by atoms with Crippen LogP contribution < -0.4 is 0 Å². The van der Waals surface area contributed by atoms with E-state index in [9.17, 15) is 0 Å². The normalized spacial score (nSPS) is 11.3. The molecule has 0 N–H and O–H groups in total. The number of hydrogen-bond acceptors (Lipinski definition) is 1. The van der Waals surface area contributed by atoms with E-state index >= 15 is 0 Å². The van der Waals surface area contributed by atoms with E-state index in [4.69, 9.17) is 0 Å². The van der Waals surface area contributed by atoms with E-state index in [0.717, 1.165) is 0 Å². The summed E-state index contributed by atoms with van der Waals surface area (Å²) in [6.07, 6.45) is 10.6. The van der Waals surface area contributed by atoms with Crippen LogP contribution in [0, 0.1) is 0 Å². The van der Waals surface area contributed by atoms with Crippen LogP contribution in [0.5, 0.6) is 0 Å². The molecule has 0 aliphatic rings. The first-order valence-corrected chi connectivity index (χ1v) is 8.67. The number of hydrogen-bond donors (Lipinski definition) is 0. The molecular formula is C18H26S. The van der Waals surface area contributed by atoms with Crippen LogP contribution in [0.15, 0.2) is 24.3 Å². The molecule has 0 unspecified atom stereocenters. The lowest BCUT2D eigenvalue weighted by Crippen LogP contribution is -1.81. The summed E-state index contributed by atoms with van der Waals surface area (Å²) in [6.45, 7) is 4.56. The third kappa shape index (κ3) is 3.82. The molecule has 0 nitrogen and oxygen atoms in total. The topological polar surface area (TPSA) is 0 Å². The van der Waals surface area contributed by atoms with E-state index in [1.54, 1.807) is 9.75 Å². The molecular weight excluding hydrogens is 248 g/mol. The third-order valence-corrected chi connectivity index (χ3v) is 5.13. The lowest BCUT2D eigenvalue weighted by molar-refractivity contribution is 0.723. The molecule has 0 saturated carbocycles. The maximum atomic E-state index is 2.32. The summed E-state index contributed by atoms with van der Waals surface area (Å²) in [5.74, 6) is 0. The smallest absolute Gasteiger partial charge is 0.0127 e. The molecule has 1 heterocycles. The molecule has 104 valence electrons. The van der Waals surface area contributed by atoms with Gasteiger partial charge in [0.25, 0.3) is 0 Å². The van der Waals surface area contributed by atoms with Crippen molar-refractivity contribution >= 4 is 22.1 Å². The maximum Gasteiger partial charge on any atom is 0.0127 e. The molecule has 0 saturated heterocycles. The van der Waals surface area contributed by atoms with Crippen LogP contribution in [-0.4, -0.2) is 0 Å². The van der Waals surface area contributed by atoms with Crippen molar-refractivity contribution in [1.29, 1.82) is 0 Å². The van der Waals surface area contributed by atoms with Crippen molar-refractivity contribution in [3.8, 4) is 0 Å². The maximum absolute atomic E-state index is 2.32. The van der Waals surface area contributed by atoms with E-state index in [-0.39, 0.29) is 0 Å². The Balaban J connectivity index is 2.16. The molecule has 0 amide bonds. The summed E-state index contributed by atoms with van der Waals surface area (Å²) in [5, 5.41) is 3.05. The molecule has 0 radical (unpaired) electrons. The van der Waals surface area contributed by atoms with Gasteiger partial charge in [-0.1, -0.05) is 63.8 Å². The summed E-state index contributed by atoms with van der Waals surface area (Å²) in [4.78, 5) is 3.24. The first-order valence-electron chi connectivity index (χ1n) is 7.86. The number of thiophene rings is 1. The first kappa shape index (κ1) is 14.6. The van der Waals surface area contributed by atoms with Crippen molar-refractivity contribution in [2.45, 2.75) is 65.2 Å². The molecule has 0 bridgehead atoms. The molecule has 1 aromatic heterocycles. The highest BCUT2D eigenvalue weighted by atomic mass is 32.1. The Morgan fingerprint density at radius 3 is 1.63 bits per heavy atom. The van der Waals surface area contributed by atoms with Gasteiger partial charge < -0.3 is 0 Å². The van der Waals surface area contributed by atoms with Crippen LogP contribution in [0.3, 0.4) is 0 Å². The van der Waals surface area contributed by atoms with Gasteiger partial charge in [0.05, 0.1) is 0 Å².